The maximum atomic E-state index is 11.2. The normalized spacial score (nSPS) is 21.8. The van der Waals surface area contributed by atoms with Crippen LogP contribution in [0.4, 0.5) is 10.5 Å². The molecule has 1 amide bonds. The molecule has 114 valence electrons. The van der Waals surface area contributed by atoms with Crippen molar-refractivity contribution >= 4 is 18.1 Å². The van der Waals surface area contributed by atoms with Crippen molar-refractivity contribution in [3.63, 3.8) is 0 Å². The van der Waals surface area contributed by atoms with Gasteiger partial charge >= 0.3 is 11.8 Å². The molecule has 2 heterocycles. The van der Waals surface area contributed by atoms with Crippen LogP contribution in [0.2, 0.25) is 0 Å². The first-order valence-electron chi connectivity index (χ1n) is 6.35. The van der Waals surface area contributed by atoms with Crippen molar-refractivity contribution in [3.8, 4) is 0 Å². The fraction of sp³-hybridized carbons (Fsp3) is 0.583. The molecular formula is C12H16N4O5. The van der Waals surface area contributed by atoms with Gasteiger partial charge < -0.3 is 10.0 Å². The van der Waals surface area contributed by atoms with E-state index in [9.17, 15) is 19.7 Å². The number of carbonyl (C=O) groups excluding carboxylic acids is 1. The highest BCUT2D eigenvalue weighted by molar-refractivity contribution is 5.78. The van der Waals surface area contributed by atoms with Crippen LogP contribution < -0.4 is 0 Å². The fourth-order valence-corrected chi connectivity index (χ4v) is 2.75. The number of nitrogens with zero attached hydrogens (tertiary/aromatic N) is 4. The van der Waals surface area contributed by atoms with Gasteiger partial charge in [-0.1, -0.05) is 20.8 Å². The first-order valence-corrected chi connectivity index (χ1v) is 6.35. The smallest absolute Gasteiger partial charge is 0.407 e. The predicted molar refractivity (Wildman–Crippen MR) is 71.3 cm³/mol. The Labute approximate surface area is 120 Å². The van der Waals surface area contributed by atoms with Crippen molar-refractivity contribution in [1.29, 1.82) is 0 Å². The minimum absolute atomic E-state index is 0.189. The number of carboxylic acid groups (broad SMARTS) is 1. The van der Waals surface area contributed by atoms with Gasteiger partial charge in [0.05, 0.1) is 17.0 Å². The zero-order valence-electron chi connectivity index (χ0n) is 11.9. The van der Waals surface area contributed by atoms with E-state index in [1.165, 1.54) is 15.8 Å². The zero-order chi connectivity index (χ0) is 15.9. The van der Waals surface area contributed by atoms with Crippen LogP contribution >= 0.6 is 0 Å². The third-order valence-electron chi connectivity index (χ3n) is 3.61. The second kappa shape index (κ2) is 4.83. The number of aldehydes is 1. The van der Waals surface area contributed by atoms with Crippen molar-refractivity contribution in [3.05, 3.63) is 22.0 Å². The predicted octanol–water partition coefficient (Wildman–Crippen LogP) is 1.55. The van der Waals surface area contributed by atoms with Crippen LogP contribution in [0.1, 0.15) is 37.3 Å². The van der Waals surface area contributed by atoms with Gasteiger partial charge in [0.2, 0.25) is 5.69 Å². The van der Waals surface area contributed by atoms with Crippen LogP contribution in [0, 0.1) is 15.5 Å². The topological polar surface area (TPSA) is 119 Å². The molecule has 2 rings (SSSR count). The molecule has 1 aliphatic rings. The number of aromatic nitrogens is 2. The summed E-state index contributed by atoms with van der Waals surface area (Å²) >= 11 is 0. The van der Waals surface area contributed by atoms with Gasteiger partial charge in [-0.2, -0.15) is 5.10 Å². The van der Waals surface area contributed by atoms with Gasteiger partial charge in [0, 0.05) is 6.54 Å². The van der Waals surface area contributed by atoms with Crippen molar-refractivity contribution in [2.24, 2.45) is 5.41 Å². The summed E-state index contributed by atoms with van der Waals surface area (Å²) in [6.07, 6.45) is 0.476. The van der Waals surface area contributed by atoms with Crippen molar-refractivity contribution in [2.45, 2.75) is 32.9 Å². The monoisotopic (exact) mass is 296 g/mol. The lowest BCUT2D eigenvalue weighted by atomic mass is 9.76. The Morgan fingerprint density at radius 3 is 2.57 bits per heavy atom. The number of likely N-dealkylation sites (tertiary alicyclic amines) is 1. The minimum atomic E-state index is -1.04. The van der Waals surface area contributed by atoms with Crippen LogP contribution in [0.3, 0.4) is 0 Å². The number of hydrogen-bond donors (Lipinski definition) is 1. The average Bonchev–Trinajstić information content (AvgIpc) is 2.68. The largest absolute Gasteiger partial charge is 0.465 e. The lowest BCUT2D eigenvalue weighted by Gasteiger charge is -2.52. The molecular weight excluding hydrogens is 280 g/mol. The third-order valence-corrected chi connectivity index (χ3v) is 3.61. The molecule has 0 spiro atoms. The van der Waals surface area contributed by atoms with Gasteiger partial charge in [-0.25, -0.2) is 4.79 Å². The van der Waals surface area contributed by atoms with Crippen LogP contribution in [-0.4, -0.2) is 49.7 Å². The average molecular weight is 296 g/mol. The summed E-state index contributed by atoms with van der Waals surface area (Å²) in [6, 6.07) is -0.692. The number of nitro groups is 1. The molecule has 0 aliphatic carbocycles. The Morgan fingerprint density at radius 1 is 1.57 bits per heavy atom. The number of rotatable bonds is 3. The van der Waals surface area contributed by atoms with Crippen LogP contribution in [0.15, 0.2) is 6.20 Å². The van der Waals surface area contributed by atoms with E-state index in [0.29, 0.717) is 6.29 Å². The molecule has 0 radical (unpaired) electrons. The van der Waals surface area contributed by atoms with Crippen molar-refractivity contribution in [2.75, 3.05) is 6.54 Å². The first-order chi connectivity index (χ1) is 9.66. The summed E-state index contributed by atoms with van der Waals surface area (Å²) in [7, 11) is 0. The highest BCUT2D eigenvalue weighted by atomic mass is 16.6. The van der Waals surface area contributed by atoms with Gasteiger partial charge in [0.25, 0.3) is 0 Å². The number of carbonyl (C=O) groups is 2. The fourth-order valence-electron chi connectivity index (χ4n) is 2.75. The van der Waals surface area contributed by atoms with Crippen LogP contribution in [0.25, 0.3) is 0 Å². The highest BCUT2D eigenvalue weighted by Crippen LogP contribution is 2.41. The Bertz CT molecular complexity index is 603. The van der Waals surface area contributed by atoms with Crippen LogP contribution in [-0.2, 0) is 0 Å². The van der Waals surface area contributed by atoms with E-state index in [0.717, 1.165) is 0 Å². The zero-order valence-corrected chi connectivity index (χ0v) is 11.9. The van der Waals surface area contributed by atoms with Gasteiger partial charge in [0.15, 0.2) is 6.29 Å². The third kappa shape index (κ3) is 2.46. The van der Waals surface area contributed by atoms with Gasteiger partial charge in [0.1, 0.15) is 6.20 Å². The number of amides is 1. The Hall–Kier alpha value is -2.45. The molecule has 2 atom stereocenters. The molecule has 1 aromatic heterocycles. The summed E-state index contributed by atoms with van der Waals surface area (Å²) in [5.41, 5.74) is -0.975. The summed E-state index contributed by atoms with van der Waals surface area (Å²) in [4.78, 5) is 33.5. The number of hydrogen-bond acceptors (Lipinski definition) is 5. The van der Waals surface area contributed by atoms with Crippen molar-refractivity contribution < 1.29 is 19.6 Å². The molecule has 0 saturated carbocycles. The first kappa shape index (κ1) is 14.9. The van der Waals surface area contributed by atoms with Gasteiger partial charge in [-0.05, 0) is 5.41 Å². The molecule has 1 N–H and O–H groups in total. The van der Waals surface area contributed by atoms with Crippen LogP contribution in [0.5, 0.6) is 0 Å². The van der Waals surface area contributed by atoms with E-state index >= 15 is 0 Å². The lowest BCUT2D eigenvalue weighted by molar-refractivity contribution is -0.385. The van der Waals surface area contributed by atoms with Gasteiger partial charge in [-0.15, -0.1) is 0 Å². The molecule has 1 aromatic rings. The van der Waals surface area contributed by atoms with E-state index < -0.39 is 11.0 Å². The highest BCUT2D eigenvalue weighted by Gasteiger charge is 2.50. The second-order valence-corrected chi connectivity index (χ2v) is 6.07. The second-order valence-electron chi connectivity index (χ2n) is 6.07. The summed E-state index contributed by atoms with van der Waals surface area (Å²) in [5.74, 6) is 0. The molecule has 1 saturated heterocycles. The summed E-state index contributed by atoms with van der Waals surface area (Å²) < 4.78 is 1.33. The Balaban J connectivity index is 2.36. The van der Waals surface area contributed by atoms with E-state index in [2.05, 4.69) is 5.10 Å². The van der Waals surface area contributed by atoms with E-state index in [-0.39, 0.29) is 35.4 Å². The Kier molecular flexibility index (Phi) is 3.44. The summed E-state index contributed by atoms with van der Waals surface area (Å²) in [5, 5.41) is 23.9. The SMILES string of the molecule is CC(C)(C)C1C(n2cc([N+](=O)[O-])c(C=O)n2)CN1C(=O)O. The Morgan fingerprint density at radius 2 is 2.19 bits per heavy atom. The molecule has 1 aliphatic heterocycles. The molecule has 0 bridgehead atoms. The maximum absolute atomic E-state index is 11.2. The molecule has 9 heteroatoms. The van der Waals surface area contributed by atoms with E-state index in [1.54, 1.807) is 0 Å². The minimum Gasteiger partial charge on any atom is -0.465 e. The molecule has 9 nitrogen and oxygen atoms in total. The molecule has 21 heavy (non-hydrogen) atoms. The maximum Gasteiger partial charge on any atom is 0.407 e. The molecule has 2 unspecified atom stereocenters. The van der Waals surface area contributed by atoms with Crippen molar-refractivity contribution in [1.82, 2.24) is 14.7 Å². The van der Waals surface area contributed by atoms with E-state index in [4.69, 9.17) is 5.11 Å². The quantitative estimate of drug-likeness (QED) is 0.513. The summed E-state index contributed by atoms with van der Waals surface area (Å²) in [6.45, 7) is 5.85. The molecule has 0 aromatic carbocycles. The lowest BCUT2D eigenvalue weighted by Crippen LogP contribution is -2.63. The standard InChI is InChI=1S/C12H16N4O5/c1-12(2,3)10-9(4-14(10)11(18)19)15-5-8(16(20)21)7(6-17)13-15/h5-6,9-10H,4H2,1-3H3,(H,18,19). The van der Waals surface area contributed by atoms with E-state index in [1.807, 2.05) is 20.8 Å². The molecule has 1 fully saturated rings. The van der Waals surface area contributed by atoms with Gasteiger partial charge in [-0.3, -0.25) is 19.6 Å².